The Labute approximate surface area is 56.5 Å². The van der Waals surface area contributed by atoms with Gasteiger partial charge in [0.25, 0.3) is 0 Å². The highest BCUT2D eigenvalue weighted by molar-refractivity contribution is 5.53. The number of allylic oxidation sites excluding steroid dienone is 1. The van der Waals surface area contributed by atoms with E-state index in [1.165, 1.54) is 6.21 Å². The lowest BCUT2D eigenvalue weighted by molar-refractivity contribution is 0.797. The van der Waals surface area contributed by atoms with Gasteiger partial charge in [0.1, 0.15) is 0 Å². The minimum absolute atomic E-state index is 0.797. The number of hydrogen-bond acceptors (Lipinski definition) is 2. The molecule has 0 aromatic carbocycles. The summed E-state index contributed by atoms with van der Waals surface area (Å²) in [5, 5.41) is 9.82. The van der Waals surface area contributed by atoms with Crippen LogP contribution >= 0.6 is 0 Å². The molecule has 0 aliphatic carbocycles. The van der Waals surface area contributed by atoms with E-state index in [9.17, 15) is 0 Å². The Kier molecular flexibility index (Phi) is 4.88. The van der Waals surface area contributed by atoms with Crippen LogP contribution < -0.4 is 5.32 Å². The lowest BCUT2D eigenvalue weighted by Crippen LogP contribution is -2.10. The van der Waals surface area contributed by atoms with Crippen LogP contribution in [0.1, 0.15) is 19.8 Å². The fraction of sp³-hybridized carbons (Fsp3) is 0.571. The van der Waals surface area contributed by atoms with Gasteiger partial charge >= 0.3 is 0 Å². The molecule has 52 valence electrons. The van der Waals surface area contributed by atoms with Crippen LogP contribution in [0.2, 0.25) is 0 Å². The Morgan fingerprint density at radius 1 is 1.78 bits per heavy atom. The van der Waals surface area contributed by atoms with Crippen molar-refractivity contribution in [3.63, 3.8) is 0 Å². The molecule has 0 amide bonds. The quantitative estimate of drug-likeness (QED) is 0.538. The summed E-state index contributed by atoms with van der Waals surface area (Å²) in [7, 11) is 0. The lowest BCUT2D eigenvalue weighted by Gasteiger charge is -2.03. The molecule has 0 saturated carbocycles. The van der Waals surface area contributed by atoms with E-state index in [4.69, 9.17) is 5.41 Å². The first-order chi connectivity index (χ1) is 4.31. The molecule has 0 unspecified atom stereocenters. The normalized spacial score (nSPS) is 8.56. The van der Waals surface area contributed by atoms with Crippen LogP contribution in [0.25, 0.3) is 0 Å². The fourth-order valence-electron chi connectivity index (χ4n) is 0.585. The van der Waals surface area contributed by atoms with Crippen LogP contribution in [0.5, 0.6) is 0 Å². The van der Waals surface area contributed by atoms with Gasteiger partial charge in [0, 0.05) is 12.2 Å². The summed E-state index contributed by atoms with van der Waals surface area (Å²) in [5.74, 6) is 0. The van der Waals surface area contributed by atoms with Crippen LogP contribution in [0.4, 0.5) is 0 Å². The van der Waals surface area contributed by atoms with Crippen molar-refractivity contribution in [2.24, 2.45) is 0 Å². The zero-order valence-corrected chi connectivity index (χ0v) is 5.91. The van der Waals surface area contributed by atoms with Gasteiger partial charge in [-0.2, -0.15) is 0 Å². The largest absolute Gasteiger partial charge is 0.389 e. The first kappa shape index (κ1) is 8.21. The van der Waals surface area contributed by atoms with Gasteiger partial charge in [0.15, 0.2) is 0 Å². The zero-order valence-electron chi connectivity index (χ0n) is 5.91. The van der Waals surface area contributed by atoms with E-state index >= 15 is 0 Å². The molecule has 0 aliphatic rings. The highest BCUT2D eigenvalue weighted by Crippen LogP contribution is 1.94. The SMILES string of the molecule is C=C(CCC=N)NCC. The third-order valence-corrected chi connectivity index (χ3v) is 1.02. The second-order valence-corrected chi connectivity index (χ2v) is 1.88. The summed E-state index contributed by atoms with van der Waals surface area (Å²) in [6.07, 6.45) is 3.09. The zero-order chi connectivity index (χ0) is 7.11. The molecule has 0 fully saturated rings. The molecule has 0 atom stereocenters. The number of hydrogen-bond donors (Lipinski definition) is 2. The molecule has 2 heteroatoms. The van der Waals surface area contributed by atoms with Crippen molar-refractivity contribution in [3.8, 4) is 0 Å². The molecule has 0 heterocycles. The Bertz CT molecular complexity index is 97.1. The maximum absolute atomic E-state index is 6.73. The van der Waals surface area contributed by atoms with E-state index in [1.807, 2.05) is 6.92 Å². The summed E-state index contributed by atoms with van der Waals surface area (Å²) < 4.78 is 0. The third kappa shape index (κ3) is 5.07. The molecule has 0 spiro atoms. The molecule has 0 bridgehead atoms. The fourth-order valence-corrected chi connectivity index (χ4v) is 0.585. The van der Waals surface area contributed by atoms with Gasteiger partial charge in [-0.1, -0.05) is 6.58 Å². The van der Waals surface area contributed by atoms with E-state index in [2.05, 4.69) is 11.9 Å². The molecule has 2 N–H and O–H groups in total. The standard InChI is InChI=1S/C7H14N2/c1-3-9-7(2)5-4-6-8/h6,8-9H,2-5H2,1H3. The molecule has 0 rings (SSSR count). The van der Waals surface area contributed by atoms with Crippen molar-refractivity contribution >= 4 is 6.21 Å². The average Bonchev–Trinajstić information content (AvgIpc) is 1.85. The molecule has 0 radical (unpaired) electrons. The van der Waals surface area contributed by atoms with Gasteiger partial charge in [-0.25, -0.2) is 0 Å². The summed E-state index contributed by atoms with van der Waals surface area (Å²) in [6.45, 7) is 6.73. The van der Waals surface area contributed by atoms with Crippen molar-refractivity contribution in [3.05, 3.63) is 12.3 Å². The van der Waals surface area contributed by atoms with Gasteiger partial charge in [0.2, 0.25) is 0 Å². The molecule has 0 aromatic heterocycles. The Hall–Kier alpha value is -0.790. The Balaban J connectivity index is 3.16. The monoisotopic (exact) mass is 126 g/mol. The summed E-state index contributed by atoms with van der Waals surface area (Å²) >= 11 is 0. The van der Waals surface area contributed by atoms with Gasteiger partial charge in [0.05, 0.1) is 0 Å². The molecule has 9 heavy (non-hydrogen) atoms. The van der Waals surface area contributed by atoms with Gasteiger partial charge in [-0.05, 0) is 26.0 Å². The summed E-state index contributed by atoms with van der Waals surface area (Å²) in [6, 6.07) is 0. The van der Waals surface area contributed by atoms with Gasteiger partial charge in [-0.15, -0.1) is 0 Å². The van der Waals surface area contributed by atoms with E-state index < -0.39 is 0 Å². The topological polar surface area (TPSA) is 35.9 Å². The maximum atomic E-state index is 6.73. The van der Waals surface area contributed by atoms with Gasteiger partial charge in [-0.3, -0.25) is 0 Å². The summed E-state index contributed by atoms with van der Waals surface area (Å²) in [5.41, 5.74) is 1.03. The lowest BCUT2D eigenvalue weighted by atomic mass is 10.3. The first-order valence-electron chi connectivity index (χ1n) is 3.21. The molecule has 0 saturated heterocycles. The molecule has 0 aromatic rings. The molecular weight excluding hydrogens is 112 g/mol. The number of rotatable bonds is 5. The highest BCUT2D eigenvalue weighted by atomic mass is 14.9. The first-order valence-corrected chi connectivity index (χ1v) is 3.21. The van der Waals surface area contributed by atoms with E-state index in [1.54, 1.807) is 0 Å². The van der Waals surface area contributed by atoms with Crippen molar-refractivity contribution in [1.29, 1.82) is 5.41 Å². The van der Waals surface area contributed by atoms with Crippen molar-refractivity contribution in [2.75, 3.05) is 6.54 Å². The number of nitrogens with one attached hydrogen (secondary N) is 2. The predicted octanol–water partition coefficient (Wildman–Crippen LogP) is 1.54. The average molecular weight is 126 g/mol. The highest BCUT2D eigenvalue weighted by Gasteiger charge is 1.86. The van der Waals surface area contributed by atoms with Gasteiger partial charge < -0.3 is 10.7 Å². The van der Waals surface area contributed by atoms with Crippen LogP contribution in [0.3, 0.4) is 0 Å². The summed E-state index contributed by atoms with van der Waals surface area (Å²) in [4.78, 5) is 0. The van der Waals surface area contributed by atoms with Crippen molar-refractivity contribution < 1.29 is 0 Å². The van der Waals surface area contributed by atoms with Crippen LogP contribution in [-0.2, 0) is 0 Å². The Morgan fingerprint density at radius 2 is 2.44 bits per heavy atom. The van der Waals surface area contributed by atoms with E-state index in [-0.39, 0.29) is 0 Å². The minimum Gasteiger partial charge on any atom is -0.389 e. The van der Waals surface area contributed by atoms with E-state index in [0.29, 0.717) is 0 Å². The van der Waals surface area contributed by atoms with Crippen LogP contribution in [0.15, 0.2) is 12.3 Å². The minimum atomic E-state index is 0.797. The molecule has 0 aliphatic heterocycles. The van der Waals surface area contributed by atoms with Crippen molar-refractivity contribution in [2.45, 2.75) is 19.8 Å². The maximum Gasteiger partial charge on any atom is 0.0115 e. The Morgan fingerprint density at radius 3 is 2.89 bits per heavy atom. The van der Waals surface area contributed by atoms with E-state index in [0.717, 1.165) is 25.1 Å². The third-order valence-electron chi connectivity index (χ3n) is 1.02. The molecular formula is C7H14N2. The van der Waals surface area contributed by atoms with Crippen LogP contribution in [-0.4, -0.2) is 12.8 Å². The second kappa shape index (κ2) is 5.35. The smallest absolute Gasteiger partial charge is 0.0115 e. The predicted molar refractivity (Wildman–Crippen MR) is 40.8 cm³/mol. The van der Waals surface area contributed by atoms with Crippen LogP contribution in [0, 0.1) is 5.41 Å². The van der Waals surface area contributed by atoms with Crippen molar-refractivity contribution in [1.82, 2.24) is 5.32 Å². The second-order valence-electron chi connectivity index (χ2n) is 1.88. The molecule has 2 nitrogen and oxygen atoms in total.